The summed E-state index contributed by atoms with van der Waals surface area (Å²) in [5, 5.41) is 4.58. The van der Waals surface area contributed by atoms with Gasteiger partial charge in [0.05, 0.1) is 24.6 Å². The molecule has 1 saturated heterocycles. The molecule has 9 heteroatoms. The number of amides is 1. The molecule has 1 aliphatic heterocycles. The van der Waals surface area contributed by atoms with Gasteiger partial charge in [-0.05, 0) is 33.6 Å². The van der Waals surface area contributed by atoms with Gasteiger partial charge in [-0.1, -0.05) is 0 Å². The molecule has 22 heavy (non-hydrogen) atoms. The summed E-state index contributed by atoms with van der Waals surface area (Å²) in [4.78, 5) is 11.3. The van der Waals surface area contributed by atoms with Crippen LogP contribution in [0, 0.1) is 0 Å². The van der Waals surface area contributed by atoms with E-state index in [0.29, 0.717) is 12.8 Å². The molecule has 1 aliphatic rings. The van der Waals surface area contributed by atoms with Crippen molar-refractivity contribution in [1.29, 1.82) is 0 Å². The number of carbonyl (C=O) groups is 1. The maximum Gasteiger partial charge on any atom is 0.407 e. The Morgan fingerprint density at radius 1 is 1.27 bits per heavy atom. The first-order chi connectivity index (χ1) is 9.89. The van der Waals surface area contributed by atoms with Crippen LogP contribution in [0.4, 0.5) is 13.6 Å². The molecule has 2 N–H and O–H groups in total. The van der Waals surface area contributed by atoms with Gasteiger partial charge in [-0.25, -0.2) is 22.0 Å². The monoisotopic (exact) mass is 342 g/mol. The molecule has 1 heterocycles. The molecule has 0 saturated carbocycles. The van der Waals surface area contributed by atoms with Gasteiger partial charge in [0.25, 0.3) is 5.92 Å². The summed E-state index contributed by atoms with van der Waals surface area (Å²) in [5.74, 6) is -3.19. The molecule has 1 unspecified atom stereocenters. The molecule has 6 nitrogen and oxygen atoms in total. The average molecular weight is 342 g/mol. The van der Waals surface area contributed by atoms with E-state index >= 15 is 0 Å². The third kappa shape index (κ3) is 7.88. The number of rotatable bonds is 5. The van der Waals surface area contributed by atoms with E-state index in [1.54, 1.807) is 20.8 Å². The highest BCUT2D eigenvalue weighted by Gasteiger charge is 2.33. The molecule has 0 aromatic rings. The molecule has 1 atom stereocenters. The maximum absolute atomic E-state index is 13.7. The van der Waals surface area contributed by atoms with Crippen LogP contribution in [0.2, 0.25) is 0 Å². The lowest BCUT2D eigenvalue weighted by Gasteiger charge is -2.26. The highest BCUT2D eigenvalue weighted by atomic mass is 32.2. The van der Waals surface area contributed by atoms with Crippen molar-refractivity contribution in [1.82, 2.24) is 10.6 Å². The van der Waals surface area contributed by atoms with Gasteiger partial charge >= 0.3 is 6.09 Å². The van der Waals surface area contributed by atoms with Crippen LogP contribution in [-0.4, -0.2) is 56.7 Å². The lowest BCUT2D eigenvalue weighted by atomic mass is 10.2. The van der Waals surface area contributed by atoms with Crippen LogP contribution in [0.15, 0.2) is 0 Å². The van der Waals surface area contributed by atoms with Crippen molar-refractivity contribution in [2.45, 2.75) is 51.2 Å². The summed E-state index contributed by atoms with van der Waals surface area (Å²) in [5.41, 5.74) is -0.756. The van der Waals surface area contributed by atoms with Crippen LogP contribution in [-0.2, 0) is 14.6 Å². The summed E-state index contributed by atoms with van der Waals surface area (Å²) in [7, 11) is -3.14. The molecule has 130 valence electrons. The van der Waals surface area contributed by atoms with Crippen molar-refractivity contribution in [3.05, 3.63) is 0 Å². The second kappa shape index (κ2) is 7.08. The third-order valence-corrected chi connectivity index (χ3v) is 4.82. The van der Waals surface area contributed by atoms with Gasteiger partial charge < -0.3 is 15.4 Å². The molecule has 1 fully saturated rings. The van der Waals surface area contributed by atoms with Crippen molar-refractivity contribution >= 4 is 15.9 Å². The summed E-state index contributed by atoms with van der Waals surface area (Å²) in [6.07, 6.45) is 0.115. The number of halogens is 2. The van der Waals surface area contributed by atoms with Crippen LogP contribution >= 0.6 is 0 Å². The standard InChI is InChI=1S/C13H24F2N2O4S/c1-12(2,3)21-11(18)17-9-13(14,15)8-16-10-5-4-6-22(19,20)7-10/h10,16H,4-9H2,1-3H3,(H,17,18). The van der Waals surface area contributed by atoms with Crippen molar-refractivity contribution < 1.29 is 26.7 Å². The van der Waals surface area contributed by atoms with Crippen molar-refractivity contribution in [3.63, 3.8) is 0 Å². The van der Waals surface area contributed by atoms with Gasteiger partial charge in [-0.15, -0.1) is 0 Å². The summed E-state index contributed by atoms with van der Waals surface area (Å²) in [6, 6.07) is -0.467. The number of hydrogen-bond acceptors (Lipinski definition) is 5. The van der Waals surface area contributed by atoms with E-state index in [1.165, 1.54) is 0 Å². The minimum Gasteiger partial charge on any atom is -0.444 e. The zero-order chi connectivity index (χ0) is 17.0. The predicted octanol–water partition coefficient (Wildman–Crippen LogP) is 1.31. The molecule has 1 amide bonds. The fourth-order valence-corrected chi connectivity index (χ4v) is 3.73. The van der Waals surface area contributed by atoms with E-state index in [-0.39, 0.29) is 11.5 Å². The fraction of sp³-hybridized carbons (Fsp3) is 0.923. The van der Waals surface area contributed by atoms with E-state index in [1.807, 2.05) is 5.32 Å². The van der Waals surface area contributed by atoms with Gasteiger partial charge in [-0.3, -0.25) is 0 Å². The van der Waals surface area contributed by atoms with Gasteiger partial charge in [0.15, 0.2) is 9.84 Å². The van der Waals surface area contributed by atoms with Crippen molar-refractivity contribution in [3.8, 4) is 0 Å². The Morgan fingerprint density at radius 2 is 1.91 bits per heavy atom. The lowest BCUT2D eigenvalue weighted by Crippen LogP contribution is -2.49. The number of ether oxygens (including phenoxy) is 1. The highest BCUT2D eigenvalue weighted by molar-refractivity contribution is 7.91. The first kappa shape index (κ1) is 19.1. The quantitative estimate of drug-likeness (QED) is 0.787. The molecule has 0 aromatic carbocycles. The van der Waals surface area contributed by atoms with Gasteiger partial charge in [0, 0.05) is 6.04 Å². The molecule has 0 aliphatic carbocycles. The summed E-state index contributed by atoms with van der Waals surface area (Å²) < 4.78 is 55.1. The first-order valence-electron chi connectivity index (χ1n) is 7.17. The Morgan fingerprint density at radius 3 is 2.45 bits per heavy atom. The van der Waals surface area contributed by atoms with Gasteiger partial charge in [0.1, 0.15) is 5.60 Å². The summed E-state index contributed by atoms with van der Waals surface area (Å²) in [6.45, 7) is 3.35. The van der Waals surface area contributed by atoms with Crippen LogP contribution in [0.25, 0.3) is 0 Å². The minimum atomic E-state index is -3.18. The van der Waals surface area contributed by atoms with E-state index < -0.39 is 46.6 Å². The minimum absolute atomic E-state index is 0.113. The Kier molecular flexibility index (Phi) is 6.14. The fourth-order valence-electron chi connectivity index (χ4n) is 2.06. The maximum atomic E-state index is 13.7. The van der Waals surface area contributed by atoms with E-state index in [9.17, 15) is 22.0 Å². The molecule has 0 radical (unpaired) electrons. The van der Waals surface area contributed by atoms with Crippen LogP contribution in [0.3, 0.4) is 0 Å². The largest absolute Gasteiger partial charge is 0.444 e. The molecule has 0 spiro atoms. The molecule has 0 aromatic heterocycles. The van der Waals surface area contributed by atoms with Crippen LogP contribution in [0.5, 0.6) is 0 Å². The number of sulfone groups is 1. The van der Waals surface area contributed by atoms with Gasteiger partial charge in [0.2, 0.25) is 0 Å². The normalized spacial score (nSPS) is 22.1. The number of hydrogen-bond donors (Lipinski definition) is 2. The number of nitrogens with one attached hydrogen (secondary N) is 2. The van der Waals surface area contributed by atoms with Gasteiger partial charge in [-0.2, -0.15) is 0 Å². The average Bonchev–Trinajstić information content (AvgIpc) is 2.31. The number of alkyl carbamates (subject to hydrolysis) is 1. The van der Waals surface area contributed by atoms with Crippen molar-refractivity contribution in [2.24, 2.45) is 0 Å². The Labute approximate surface area is 129 Å². The third-order valence-electron chi connectivity index (χ3n) is 3.00. The first-order valence-corrected chi connectivity index (χ1v) is 8.99. The second-order valence-corrected chi connectivity index (χ2v) is 8.77. The molecule has 1 rings (SSSR count). The summed E-state index contributed by atoms with van der Waals surface area (Å²) >= 11 is 0. The number of carbonyl (C=O) groups excluding carboxylic acids is 1. The highest BCUT2D eigenvalue weighted by Crippen LogP contribution is 2.15. The van der Waals surface area contributed by atoms with E-state index in [2.05, 4.69) is 5.32 Å². The predicted molar refractivity (Wildman–Crippen MR) is 78.9 cm³/mol. The molecular weight excluding hydrogens is 318 g/mol. The molecular formula is C13H24F2N2O4S. The SMILES string of the molecule is CC(C)(C)OC(=O)NCC(F)(F)CNC1CCCS(=O)(=O)C1. The van der Waals surface area contributed by atoms with Crippen molar-refractivity contribution in [2.75, 3.05) is 24.6 Å². The molecule has 0 bridgehead atoms. The zero-order valence-corrected chi connectivity index (χ0v) is 13.9. The van der Waals surface area contributed by atoms with E-state index in [4.69, 9.17) is 4.74 Å². The van der Waals surface area contributed by atoms with E-state index in [0.717, 1.165) is 0 Å². The zero-order valence-electron chi connectivity index (χ0n) is 13.1. The van der Waals surface area contributed by atoms with Crippen LogP contribution in [0.1, 0.15) is 33.6 Å². The van der Waals surface area contributed by atoms with Crippen LogP contribution < -0.4 is 10.6 Å². The lowest BCUT2D eigenvalue weighted by molar-refractivity contribution is -0.00536. The Bertz CT molecular complexity index is 489. The smallest absolute Gasteiger partial charge is 0.407 e. The Balaban J connectivity index is 2.36. The second-order valence-electron chi connectivity index (χ2n) is 6.55. The number of alkyl halides is 2. The Hall–Kier alpha value is -0.960. The topological polar surface area (TPSA) is 84.5 Å².